The van der Waals surface area contributed by atoms with Gasteiger partial charge >= 0.3 is 5.97 Å². The summed E-state index contributed by atoms with van der Waals surface area (Å²) in [6.07, 6.45) is 0. The van der Waals surface area contributed by atoms with Crippen molar-refractivity contribution >= 4 is 23.2 Å². The first-order valence-electron chi connectivity index (χ1n) is 8.33. The van der Waals surface area contributed by atoms with Crippen LogP contribution in [0.15, 0.2) is 53.9 Å². The fourth-order valence-corrected chi connectivity index (χ4v) is 3.09. The number of benzene rings is 2. The molecule has 6 nitrogen and oxygen atoms in total. The van der Waals surface area contributed by atoms with Crippen molar-refractivity contribution in [3.8, 4) is 16.3 Å². The van der Waals surface area contributed by atoms with Gasteiger partial charge in [-0.3, -0.25) is 4.79 Å². The molecule has 1 aromatic heterocycles. The zero-order valence-corrected chi connectivity index (χ0v) is 15.8. The number of nitrogens with zero attached hydrogens (tertiary/aromatic N) is 1. The summed E-state index contributed by atoms with van der Waals surface area (Å²) in [6.45, 7) is -0.0931. The molecular weight excluding hydrogens is 383 g/mol. The lowest BCUT2D eigenvalue weighted by Crippen LogP contribution is -2.28. The van der Waals surface area contributed by atoms with Gasteiger partial charge < -0.3 is 14.8 Å². The van der Waals surface area contributed by atoms with Crippen molar-refractivity contribution in [2.24, 2.45) is 0 Å². The fraction of sp³-hybridized carbons (Fsp3) is 0.150. The van der Waals surface area contributed by atoms with Crippen molar-refractivity contribution in [3.05, 3.63) is 71.0 Å². The highest BCUT2D eigenvalue weighted by molar-refractivity contribution is 7.13. The van der Waals surface area contributed by atoms with Gasteiger partial charge in [-0.2, -0.15) is 0 Å². The van der Waals surface area contributed by atoms with Crippen LogP contribution in [0.2, 0.25) is 0 Å². The molecule has 0 spiro atoms. The van der Waals surface area contributed by atoms with E-state index >= 15 is 0 Å². The molecule has 1 amide bonds. The van der Waals surface area contributed by atoms with Gasteiger partial charge in [0, 0.05) is 17.5 Å². The van der Waals surface area contributed by atoms with Gasteiger partial charge in [0.1, 0.15) is 16.6 Å². The number of carbonyl (C=O) groups is 2. The van der Waals surface area contributed by atoms with Gasteiger partial charge in [0.2, 0.25) is 0 Å². The number of esters is 1. The van der Waals surface area contributed by atoms with Crippen LogP contribution in [0.25, 0.3) is 10.6 Å². The van der Waals surface area contributed by atoms with Gasteiger partial charge in [-0.1, -0.05) is 12.1 Å². The van der Waals surface area contributed by atoms with Gasteiger partial charge in [-0.05, 0) is 42.0 Å². The van der Waals surface area contributed by atoms with E-state index in [-0.39, 0.29) is 11.5 Å². The molecule has 0 radical (unpaired) electrons. The Hall–Kier alpha value is -3.26. The molecule has 0 aliphatic heterocycles. The molecule has 3 aromatic rings. The van der Waals surface area contributed by atoms with E-state index in [0.717, 1.165) is 11.3 Å². The normalized spacial score (nSPS) is 10.4. The molecule has 0 bridgehead atoms. The Bertz CT molecular complexity index is 955. The predicted molar refractivity (Wildman–Crippen MR) is 103 cm³/mol. The van der Waals surface area contributed by atoms with Crippen LogP contribution < -0.4 is 10.1 Å². The van der Waals surface area contributed by atoms with Crippen molar-refractivity contribution in [3.63, 3.8) is 0 Å². The van der Waals surface area contributed by atoms with E-state index in [4.69, 9.17) is 9.47 Å². The minimum absolute atomic E-state index is 0.104. The largest absolute Gasteiger partial charge is 0.497 e. The average Bonchev–Trinajstić information content (AvgIpc) is 3.21. The third-order valence-corrected chi connectivity index (χ3v) is 4.68. The van der Waals surface area contributed by atoms with Crippen molar-refractivity contribution < 1.29 is 23.5 Å². The van der Waals surface area contributed by atoms with Gasteiger partial charge in [0.05, 0.1) is 7.11 Å². The standard InChI is InChI=1S/C20H17FN2O4S/c1-26-16-8-2-13(3-9-16)10-22-18(24)11-27-20(25)17-12-28-19(23-17)14-4-6-15(21)7-5-14/h2-9,12H,10-11H2,1H3,(H,22,24). The molecule has 1 heterocycles. The Morgan fingerprint density at radius 3 is 2.50 bits per heavy atom. The summed E-state index contributed by atoms with van der Waals surface area (Å²) in [6, 6.07) is 13.1. The first-order valence-corrected chi connectivity index (χ1v) is 9.21. The van der Waals surface area contributed by atoms with E-state index in [9.17, 15) is 14.0 Å². The Kier molecular flexibility index (Phi) is 6.33. The van der Waals surface area contributed by atoms with Crippen molar-refractivity contribution in [2.75, 3.05) is 13.7 Å². The summed E-state index contributed by atoms with van der Waals surface area (Å²) in [5.41, 5.74) is 1.69. The summed E-state index contributed by atoms with van der Waals surface area (Å²) < 4.78 is 23.0. The van der Waals surface area contributed by atoms with E-state index in [0.29, 0.717) is 17.1 Å². The number of halogens is 1. The third kappa shape index (κ3) is 5.14. The summed E-state index contributed by atoms with van der Waals surface area (Å²) in [4.78, 5) is 28.1. The molecule has 8 heteroatoms. The first-order chi connectivity index (χ1) is 13.5. The van der Waals surface area contributed by atoms with Crippen LogP contribution in [0.4, 0.5) is 4.39 Å². The zero-order valence-electron chi connectivity index (χ0n) is 15.0. The van der Waals surface area contributed by atoms with E-state index < -0.39 is 18.5 Å². The molecule has 0 saturated carbocycles. The number of thiazole rings is 1. The molecular formula is C20H17FN2O4S. The third-order valence-electron chi connectivity index (χ3n) is 3.79. The summed E-state index contributed by atoms with van der Waals surface area (Å²) in [5.74, 6) is -0.727. The number of amides is 1. The minimum atomic E-state index is -0.691. The second-order valence-corrected chi connectivity index (χ2v) is 6.60. The maximum atomic E-state index is 13.0. The summed E-state index contributed by atoms with van der Waals surface area (Å²) >= 11 is 1.24. The number of rotatable bonds is 7. The zero-order chi connectivity index (χ0) is 19.9. The highest BCUT2D eigenvalue weighted by Crippen LogP contribution is 2.24. The molecule has 28 heavy (non-hydrogen) atoms. The van der Waals surface area contributed by atoms with E-state index in [1.807, 2.05) is 12.1 Å². The number of nitrogens with one attached hydrogen (secondary N) is 1. The minimum Gasteiger partial charge on any atom is -0.497 e. The lowest BCUT2D eigenvalue weighted by Gasteiger charge is -2.06. The fourth-order valence-electron chi connectivity index (χ4n) is 2.29. The van der Waals surface area contributed by atoms with Gasteiger partial charge in [0.15, 0.2) is 12.3 Å². The van der Waals surface area contributed by atoms with Gasteiger partial charge in [0.25, 0.3) is 5.91 Å². The Morgan fingerprint density at radius 2 is 1.82 bits per heavy atom. The quantitative estimate of drug-likeness (QED) is 0.615. The van der Waals surface area contributed by atoms with Crippen molar-refractivity contribution in [2.45, 2.75) is 6.54 Å². The van der Waals surface area contributed by atoms with E-state index in [1.54, 1.807) is 31.4 Å². The van der Waals surface area contributed by atoms with Crippen LogP contribution in [-0.2, 0) is 16.1 Å². The molecule has 2 aromatic carbocycles. The molecule has 0 atom stereocenters. The molecule has 0 saturated heterocycles. The maximum Gasteiger partial charge on any atom is 0.358 e. The molecule has 0 fully saturated rings. The highest BCUT2D eigenvalue weighted by Gasteiger charge is 2.15. The Morgan fingerprint density at radius 1 is 1.11 bits per heavy atom. The monoisotopic (exact) mass is 400 g/mol. The van der Waals surface area contributed by atoms with E-state index in [2.05, 4.69) is 10.3 Å². The molecule has 0 aliphatic carbocycles. The van der Waals surface area contributed by atoms with Crippen molar-refractivity contribution in [1.82, 2.24) is 10.3 Å². The Labute approximate surface area is 164 Å². The number of hydrogen-bond acceptors (Lipinski definition) is 6. The lowest BCUT2D eigenvalue weighted by atomic mass is 10.2. The number of methoxy groups -OCH3 is 1. The topological polar surface area (TPSA) is 77.5 Å². The number of carbonyl (C=O) groups excluding carboxylic acids is 2. The smallest absolute Gasteiger partial charge is 0.358 e. The van der Waals surface area contributed by atoms with Crippen LogP contribution in [-0.4, -0.2) is 30.6 Å². The second kappa shape index (κ2) is 9.09. The van der Waals surface area contributed by atoms with Crippen molar-refractivity contribution in [1.29, 1.82) is 0 Å². The number of aromatic nitrogens is 1. The first kappa shape index (κ1) is 19.5. The molecule has 144 valence electrons. The summed E-state index contributed by atoms with van der Waals surface area (Å²) in [7, 11) is 1.58. The van der Waals surface area contributed by atoms with Gasteiger partial charge in [-0.25, -0.2) is 14.2 Å². The van der Waals surface area contributed by atoms with Gasteiger partial charge in [-0.15, -0.1) is 11.3 Å². The average molecular weight is 400 g/mol. The van der Waals surface area contributed by atoms with Crippen LogP contribution in [0, 0.1) is 5.82 Å². The van der Waals surface area contributed by atoms with Crippen LogP contribution >= 0.6 is 11.3 Å². The Balaban J connectivity index is 1.48. The maximum absolute atomic E-state index is 13.0. The van der Waals surface area contributed by atoms with Crippen LogP contribution in [0.1, 0.15) is 16.1 Å². The molecule has 0 aliphatic rings. The lowest BCUT2D eigenvalue weighted by molar-refractivity contribution is -0.124. The van der Waals surface area contributed by atoms with Crippen LogP contribution in [0.5, 0.6) is 5.75 Å². The number of ether oxygens (including phenoxy) is 2. The van der Waals surface area contributed by atoms with Crippen LogP contribution in [0.3, 0.4) is 0 Å². The SMILES string of the molecule is COc1ccc(CNC(=O)COC(=O)c2csc(-c3ccc(F)cc3)n2)cc1. The predicted octanol–water partition coefficient (Wildman–Crippen LogP) is 3.43. The summed E-state index contributed by atoms with van der Waals surface area (Å²) in [5, 5.41) is 4.77. The molecule has 3 rings (SSSR count). The molecule has 0 unspecified atom stereocenters. The second-order valence-electron chi connectivity index (χ2n) is 5.75. The van der Waals surface area contributed by atoms with E-state index in [1.165, 1.54) is 28.8 Å². The highest BCUT2D eigenvalue weighted by atomic mass is 32.1. The number of hydrogen-bond donors (Lipinski definition) is 1. The molecule has 1 N–H and O–H groups in total.